The molecule has 1 aliphatic carbocycles. The molecule has 1 saturated heterocycles. The van der Waals surface area contributed by atoms with Gasteiger partial charge < -0.3 is 15.0 Å². The lowest BCUT2D eigenvalue weighted by Gasteiger charge is -2.33. The smallest absolute Gasteiger partial charge is 0.249 e. The minimum atomic E-state index is -0.370. The average molecular weight is 366 g/mol. The number of fused-ring (bicyclic) bond motifs is 1. The predicted octanol–water partition coefficient (Wildman–Crippen LogP) is 2.51. The number of anilines is 1. The van der Waals surface area contributed by atoms with Gasteiger partial charge in [0, 0.05) is 43.2 Å². The molecule has 6 heteroatoms. The van der Waals surface area contributed by atoms with Gasteiger partial charge in [0.2, 0.25) is 5.91 Å². The van der Waals surface area contributed by atoms with E-state index in [4.69, 9.17) is 4.74 Å². The van der Waals surface area contributed by atoms with Gasteiger partial charge in [0.05, 0.1) is 6.61 Å². The van der Waals surface area contributed by atoms with Crippen molar-refractivity contribution in [2.75, 3.05) is 18.0 Å². The quantitative estimate of drug-likeness (QED) is 0.872. The summed E-state index contributed by atoms with van der Waals surface area (Å²) in [6.45, 7) is 2.37. The van der Waals surface area contributed by atoms with Crippen molar-refractivity contribution in [2.45, 2.75) is 56.8 Å². The fourth-order valence-corrected chi connectivity index (χ4v) is 4.15. The molecule has 2 aromatic rings. The lowest BCUT2D eigenvalue weighted by Crippen LogP contribution is -2.49. The Hall–Kier alpha value is -2.34. The van der Waals surface area contributed by atoms with Gasteiger partial charge in [-0.05, 0) is 36.8 Å². The maximum atomic E-state index is 12.6. The molecule has 2 fully saturated rings. The number of aromatic amines is 1. The molecule has 142 valence electrons. The second-order valence-corrected chi connectivity index (χ2v) is 8.00. The number of rotatable bonds is 4. The zero-order valence-corrected chi connectivity index (χ0v) is 15.5. The van der Waals surface area contributed by atoms with Crippen LogP contribution in [0.4, 0.5) is 5.82 Å². The Morgan fingerprint density at radius 2 is 1.93 bits per heavy atom. The fraction of sp³-hybridized carbons (Fsp3) is 0.524. The first-order chi connectivity index (χ1) is 13.3. The van der Waals surface area contributed by atoms with E-state index in [0.717, 1.165) is 31.7 Å². The van der Waals surface area contributed by atoms with Crippen molar-refractivity contribution in [3.8, 4) is 0 Å². The molecular formula is C21H26N4O2. The first-order valence-electron chi connectivity index (χ1n) is 10.1. The molecule has 27 heavy (non-hydrogen) atoms. The number of benzene rings is 1. The SMILES string of the molecule is O=C(NC1CCN(c2cc(C3CC3)[nH]n2)CC1)C1Cc2ccccc2CO1. The molecule has 3 heterocycles. The Bertz CT molecular complexity index is 821. The molecule has 2 aliphatic heterocycles. The van der Waals surface area contributed by atoms with Gasteiger partial charge in [0.15, 0.2) is 5.82 Å². The van der Waals surface area contributed by atoms with Crippen molar-refractivity contribution in [2.24, 2.45) is 0 Å². The third-order valence-corrected chi connectivity index (χ3v) is 6.02. The molecule has 5 rings (SSSR count). The molecule has 3 aliphatic rings. The molecule has 2 N–H and O–H groups in total. The first kappa shape index (κ1) is 16.8. The summed E-state index contributed by atoms with van der Waals surface area (Å²) in [5.41, 5.74) is 3.69. The third-order valence-electron chi connectivity index (χ3n) is 6.02. The van der Waals surface area contributed by atoms with E-state index in [2.05, 4.69) is 38.6 Å². The van der Waals surface area contributed by atoms with Crippen molar-refractivity contribution < 1.29 is 9.53 Å². The van der Waals surface area contributed by atoms with Gasteiger partial charge in [-0.1, -0.05) is 24.3 Å². The number of hydrogen-bond acceptors (Lipinski definition) is 4. The maximum Gasteiger partial charge on any atom is 0.249 e. The maximum absolute atomic E-state index is 12.6. The summed E-state index contributed by atoms with van der Waals surface area (Å²) < 4.78 is 5.79. The van der Waals surface area contributed by atoms with E-state index in [0.29, 0.717) is 18.9 Å². The summed E-state index contributed by atoms with van der Waals surface area (Å²) >= 11 is 0. The van der Waals surface area contributed by atoms with Crippen LogP contribution in [-0.4, -0.2) is 41.3 Å². The number of amides is 1. The van der Waals surface area contributed by atoms with E-state index >= 15 is 0 Å². The van der Waals surface area contributed by atoms with Crippen LogP contribution < -0.4 is 10.2 Å². The molecule has 1 unspecified atom stereocenters. The fourth-order valence-electron chi connectivity index (χ4n) is 4.15. The van der Waals surface area contributed by atoms with Crippen LogP contribution in [0.2, 0.25) is 0 Å². The van der Waals surface area contributed by atoms with Crippen molar-refractivity contribution in [3.05, 3.63) is 47.2 Å². The normalized spacial score (nSPS) is 23.1. The zero-order chi connectivity index (χ0) is 18.2. The molecule has 6 nitrogen and oxygen atoms in total. The van der Waals surface area contributed by atoms with Gasteiger partial charge in [-0.3, -0.25) is 9.89 Å². The molecule has 0 bridgehead atoms. The summed E-state index contributed by atoms with van der Waals surface area (Å²) in [4.78, 5) is 15.0. The molecular weight excluding hydrogens is 340 g/mol. The van der Waals surface area contributed by atoms with E-state index in [-0.39, 0.29) is 18.1 Å². The van der Waals surface area contributed by atoms with Crippen LogP contribution in [-0.2, 0) is 22.6 Å². The molecule has 1 amide bonds. The van der Waals surface area contributed by atoms with E-state index in [9.17, 15) is 4.79 Å². The topological polar surface area (TPSA) is 70.2 Å². The molecule has 1 saturated carbocycles. The number of nitrogens with one attached hydrogen (secondary N) is 2. The van der Waals surface area contributed by atoms with E-state index < -0.39 is 0 Å². The lowest BCUT2D eigenvalue weighted by molar-refractivity contribution is -0.135. The highest BCUT2D eigenvalue weighted by Crippen LogP contribution is 2.40. The number of carbonyl (C=O) groups is 1. The van der Waals surface area contributed by atoms with Crippen molar-refractivity contribution in [1.82, 2.24) is 15.5 Å². The van der Waals surface area contributed by atoms with Gasteiger partial charge >= 0.3 is 0 Å². The zero-order valence-electron chi connectivity index (χ0n) is 15.5. The minimum absolute atomic E-state index is 0.0266. The monoisotopic (exact) mass is 366 g/mol. The second kappa shape index (κ2) is 7.00. The van der Waals surface area contributed by atoms with Gasteiger partial charge in [-0.15, -0.1) is 0 Å². The van der Waals surface area contributed by atoms with Crippen LogP contribution in [0.15, 0.2) is 30.3 Å². The van der Waals surface area contributed by atoms with Crippen LogP contribution >= 0.6 is 0 Å². The first-order valence-corrected chi connectivity index (χ1v) is 10.1. The number of H-pyrrole nitrogens is 1. The molecule has 0 spiro atoms. The Balaban J connectivity index is 1.13. The predicted molar refractivity (Wildman–Crippen MR) is 103 cm³/mol. The third kappa shape index (κ3) is 3.58. The largest absolute Gasteiger partial charge is 0.363 e. The van der Waals surface area contributed by atoms with E-state index in [1.165, 1.54) is 29.7 Å². The second-order valence-electron chi connectivity index (χ2n) is 8.00. The Kier molecular flexibility index (Phi) is 4.36. The lowest BCUT2D eigenvalue weighted by atomic mass is 9.98. The highest BCUT2D eigenvalue weighted by molar-refractivity contribution is 5.81. The number of aromatic nitrogens is 2. The summed E-state index contributed by atoms with van der Waals surface area (Å²) in [6.07, 6.45) is 4.75. The Morgan fingerprint density at radius 1 is 1.15 bits per heavy atom. The average Bonchev–Trinajstić information content (AvgIpc) is 3.45. The summed E-state index contributed by atoms with van der Waals surface area (Å²) in [5, 5.41) is 10.9. The van der Waals surface area contributed by atoms with Crippen molar-refractivity contribution in [3.63, 3.8) is 0 Å². The van der Waals surface area contributed by atoms with Crippen LogP contribution in [0.5, 0.6) is 0 Å². The Labute approximate surface area is 159 Å². The van der Waals surface area contributed by atoms with Crippen LogP contribution in [0.25, 0.3) is 0 Å². The Morgan fingerprint density at radius 3 is 2.70 bits per heavy atom. The van der Waals surface area contributed by atoms with Gasteiger partial charge in [-0.2, -0.15) is 5.10 Å². The van der Waals surface area contributed by atoms with Gasteiger partial charge in [0.25, 0.3) is 0 Å². The molecule has 1 aromatic carbocycles. The molecule has 0 radical (unpaired) electrons. The molecule has 1 aromatic heterocycles. The summed E-state index contributed by atoms with van der Waals surface area (Å²) in [7, 11) is 0. The van der Waals surface area contributed by atoms with Crippen molar-refractivity contribution >= 4 is 11.7 Å². The number of nitrogens with zero attached hydrogens (tertiary/aromatic N) is 2. The summed E-state index contributed by atoms with van der Waals surface area (Å²) in [5.74, 6) is 1.77. The van der Waals surface area contributed by atoms with Crippen LogP contribution in [0.1, 0.15) is 48.4 Å². The van der Waals surface area contributed by atoms with Crippen molar-refractivity contribution in [1.29, 1.82) is 0 Å². The number of ether oxygens (including phenoxy) is 1. The van der Waals surface area contributed by atoms with Gasteiger partial charge in [-0.25, -0.2) is 0 Å². The minimum Gasteiger partial charge on any atom is -0.363 e. The number of hydrogen-bond donors (Lipinski definition) is 2. The van der Waals surface area contributed by atoms with Gasteiger partial charge in [0.1, 0.15) is 6.10 Å². The number of carbonyl (C=O) groups excluding carboxylic acids is 1. The van der Waals surface area contributed by atoms with E-state index in [1.54, 1.807) is 0 Å². The molecule has 1 atom stereocenters. The van der Waals surface area contributed by atoms with Crippen LogP contribution in [0.3, 0.4) is 0 Å². The highest BCUT2D eigenvalue weighted by atomic mass is 16.5. The van der Waals surface area contributed by atoms with Crippen LogP contribution in [0, 0.1) is 0 Å². The summed E-state index contributed by atoms with van der Waals surface area (Å²) in [6, 6.07) is 10.6. The number of piperidine rings is 1. The standard InChI is InChI=1S/C21H26N4O2/c26-21(19-11-15-3-1-2-4-16(15)13-27-19)22-17-7-9-25(10-8-17)20-12-18(23-24-20)14-5-6-14/h1-4,12,14,17,19H,5-11,13H2,(H,22,26)(H,23,24). The van der Waals surface area contributed by atoms with E-state index in [1.807, 2.05) is 12.1 Å². The highest BCUT2D eigenvalue weighted by Gasteiger charge is 2.30.